The second-order valence-corrected chi connectivity index (χ2v) is 21.8. The Balaban J connectivity index is 4.99. The summed E-state index contributed by atoms with van der Waals surface area (Å²) in [5, 5.41) is 10.3. The van der Waals surface area contributed by atoms with Gasteiger partial charge in [0.25, 0.3) is 0 Å². The van der Waals surface area contributed by atoms with Gasteiger partial charge in [0.1, 0.15) is 19.3 Å². The van der Waals surface area contributed by atoms with Crippen molar-refractivity contribution in [2.24, 2.45) is 0 Å². The van der Waals surface area contributed by atoms with E-state index in [0.717, 1.165) is 57.8 Å². The predicted molar refractivity (Wildman–Crippen MR) is 275 cm³/mol. The normalized spacial score (nSPS) is 14.5. The zero-order valence-electron chi connectivity index (χ0n) is 44.7. The summed E-state index contributed by atoms with van der Waals surface area (Å²) >= 11 is 0. The molecule has 0 aliphatic rings. The first kappa shape index (κ1) is 69.1. The molecule has 0 amide bonds. The summed E-state index contributed by atoms with van der Waals surface area (Å²) in [6, 6.07) is 0. The average Bonchev–Trinajstić information content (AvgIpc) is 3.34. The number of aliphatic hydroxyl groups is 1. The van der Waals surface area contributed by atoms with Crippen LogP contribution in [-0.2, 0) is 65.4 Å². The third-order valence-corrected chi connectivity index (χ3v) is 13.8. The van der Waals surface area contributed by atoms with Crippen LogP contribution in [-0.4, -0.2) is 96.7 Å². The van der Waals surface area contributed by atoms with Gasteiger partial charge in [0.15, 0.2) is 12.2 Å². The summed E-state index contributed by atoms with van der Waals surface area (Å²) in [6.07, 6.45) is 30.4. The topological polar surface area (TPSA) is 237 Å². The summed E-state index contributed by atoms with van der Waals surface area (Å²) in [6.45, 7) is 4.26. The van der Waals surface area contributed by atoms with Crippen molar-refractivity contribution < 1.29 is 80.2 Å². The van der Waals surface area contributed by atoms with Crippen LogP contribution in [0.25, 0.3) is 0 Å². The maximum Gasteiger partial charge on any atom is 0.472 e. The Morgan fingerprint density at radius 3 is 0.887 bits per heavy atom. The Hall–Kier alpha value is -1.94. The van der Waals surface area contributed by atoms with Gasteiger partial charge >= 0.3 is 39.5 Å². The number of carbonyl (C=O) groups is 4. The maximum absolute atomic E-state index is 12.8. The van der Waals surface area contributed by atoms with Crippen molar-refractivity contribution >= 4 is 39.5 Å². The molecule has 5 atom stereocenters. The first-order chi connectivity index (χ1) is 34.2. The monoisotopic (exact) mass is 1060 g/mol. The second-order valence-electron chi connectivity index (χ2n) is 18.9. The second kappa shape index (κ2) is 47.8. The molecule has 17 nitrogen and oxygen atoms in total. The van der Waals surface area contributed by atoms with Crippen molar-refractivity contribution in [3.63, 3.8) is 0 Å². The highest BCUT2D eigenvalue weighted by atomic mass is 31.2. The quantitative estimate of drug-likeness (QED) is 0.0222. The molecular weight excluding hydrogens is 959 g/mol. The third kappa shape index (κ3) is 47.5. The number of esters is 4. The fourth-order valence-corrected chi connectivity index (χ4v) is 9.05. The van der Waals surface area contributed by atoms with Crippen LogP contribution >= 0.6 is 15.6 Å². The number of phosphoric ester groups is 2. The number of hydrogen-bond acceptors (Lipinski definition) is 15. The maximum atomic E-state index is 12.8. The molecular formula is C52H100O17P2. The van der Waals surface area contributed by atoms with E-state index >= 15 is 0 Å². The Morgan fingerprint density at radius 1 is 0.338 bits per heavy atom. The number of rotatable bonds is 53. The molecule has 19 heteroatoms. The summed E-state index contributed by atoms with van der Waals surface area (Å²) in [5.74, 6) is -2.22. The number of phosphoric acid groups is 2. The van der Waals surface area contributed by atoms with E-state index in [9.17, 15) is 43.2 Å². The molecule has 0 aromatic heterocycles. The Morgan fingerprint density at radius 2 is 0.577 bits per heavy atom. The number of ether oxygens (including phenoxy) is 4. The van der Waals surface area contributed by atoms with E-state index in [-0.39, 0.29) is 25.7 Å². The van der Waals surface area contributed by atoms with Crippen molar-refractivity contribution in [2.75, 3.05) is 39.6 Å². The van der Waals surface area contributed by atoms with Crippen molar-refractivity contribution in [1.29, 1.82) is 0 Å². The highest BCUT2D eigenvalue weighted by Gasteiger charge is 2.30. The molecule has 2 unspecified atom stereocenters. The SMILES string of the molecule is CCCCCCCCCCCCCCCCCC(=O)OC[C@H](COP(=O)(O)OC[C@@H](O)COP(=O)(O)OC[C@@H](COC(=O)CCCC)OC(=O)CCCC)OC(=O)CCCCCCCCCCCCCC. The number of hydrogen-bond donors (Lipinski definition) is 3. The molecule has 3 N–H and O–H groups in total. The molecule has 0 saturated carbocycles. The molecule has 0 radical (unpaired) electrons. The molecule has 0 spiro atoms. The molecule has 420 valence electrons. The van der Waals surface area contributed by atoms with Gasteiger partial charge in [-0.15, -0.1) is 0 Å². The zero-order chi connectivity index (χ0) is 52.7. The molecule has 0 rings (SSSR count). The van der Waals surface area contributed by atoms with E-state index in [0.29, 0.717) is 25.7 Å². The number of carbonyl (C=O) groups excluding carboxylic acids is 4. The van der Waals surface area contributed by atoms with Crippen molar-refractivity contribution in [3.8, 4) is 0 Å². The van der Waals surface area contributed by atoms with Gasteiger partial charge in [0, 0.05) is 25.7 Å². The lowest BCUT2D eigenvalue weighted by Crippen LogP contribution is -2.30. The van der Waals surface area contributed by atoms with Crippen LogP contribution < -0.4 is 0 Å². The highest BCUT2D eigenvalue weighted by molar-refractivity contribution is 7.47. The van der Waals surface area contributed by atoms with Crippen LogP contribution in [0.1, 0.15) is 252 Å². The van der Waals surface area contributed by atoms with Gasteiger partial charge in [-0.05, 0) is 25.7 Å². The summed E-state index contributed by atoms with van der Waals surface area (Å²) in [5.41, 5.74) is 0. The minimum absolute atomic E-state index is 0.0765. The van der Waals surface area contributed by atoms with Gasteiger partial charge < -0.3 is 33.8 Å². The van der Waals surface area contributed by atoms with E-state index in [1.807, 2.05) is 13.8 Å². The molecule has 71 heavy (non-hydrogen) atoms. The first-order valence-electron chi connectivity index (χ1n) is 27.8. The molecule has 0 aliphatic heterocycles. The fourth-order valence-electron chi connectivity index (χ4n) is 7.47. The molecule has 0 heterocycles. The minimum Gasteiger partial charge on any atom is -0.462 e. The van der Waals surface area contributed by atoms with Gasteiger partial charge in [-0.2, -0.15) is 0 Å². The van der Waals surface area contributed by atoms with Crippen LogP contribution in [0.3, 0.4) is 0 Å². The zero-order valence-corrected chi connectivity index (χ0v) is 46.5. The standard InChI is InChI=1S/C52H100O17P2/c1-5-9-13-15-17-19-21-23-24-25-27-28-30-32-34-38-50(55)63-43-48(69-52(57)39-35-33-31-29-26-22-20-18-16-14-10-6-2)45-67-71(60,61)65-41-46(53)40-64-70(58,59)66-44-47(68-51(56)37-12-8-4)42-62-49(54)36-11-7-3/h46-48,53H,5-45H2,1-4H3,(H,58,59)(H,60,61)/t46-,47+,48+/m0/s1. The predicted octanol–water partition coefficient (Wildman–Crippen LogP) is 13.3. The molecule has 0 aromatic rings. The fraction of sp³-hybridized carbons (Fsp3) is 0.923. The molecule has 0 aliphatic carbocycles. The summed E-state index contributed by atoms with van der Waals surface area (Å²) in [7, 11) is -9.82. The first-order valence-corrected chi connectivity index (χ1v) is 30.8. The molecule has 0 aromatic carbocycles. The van der Waals surface area contributed by atoms with E-state index in [1.165, 1.54) is 116 Å². The largest absolute Gasteiger partial charge is 0.472 e. The van der Waals surface area contributed by atoms with Gasteiger partial charge in [0.05, 0.1) is 26.4 Å². The van der Waals surface area contributed by atoms with E-state index in [2.05, 4.69) is 13.8 Å². The van der Waals surface area contributed by atoms with Gasteiger partial charge in [-0.3, -0.25) is 37.3 Å². The van der Waals surface area contributed by atoms with Crippen molar-refractivity contribution in [2.45, 2.75) is 271 Å². The molecule has 0 fully saturated rings. The van der Waals surface area contributed by atoms with Gasteiger partial charge in [-0.25, -0.2) is 9.13 Å². The smallest absolute Gasteiger partial charge is 0.462 e. The van der Waals surface area contributed by atoms with Crippen LogP contribution in [0.5, 0.6) is 0 Å². The molecule has 0 bridgehead atoms. The minimum atomic E-state index is -4.92. The Labute approximate surface area is 428 Å². The van der Waals surface area contributed by atoms with E-state index in [1.54, 1.807) is 0 Å². The van der Waals surface area contributed by atoms with Crippen LogP contribution in [0, 0.1) is 0 Å². The van der Waals surface area contributed by atoms with Crippen molar-refractivity contribution in [1.82, 2.24) is 0 Å². The van der Waals surface area contributed by atoms with E-state index < -0.39 is 97.5 Å². The van der Waals surface area contributed by atoms with Gasteiger partial charge in [-0.1, -0.05) is 201 Å². The highest BCUT2D eigenvalue weighted by Crippen LogP contribution is 2.45. The summed E-state index contributed by atoms with van der Waals surface area (Å²) in [4.78, 5) is 70.3. The van der Waals surface area contributed by atoms with Crippen molar-refractivity contribution in [3.05, 3.63) is 0 Å². The van der Waals surface area contributed by atoms with Crippen LogP contribution in [0.4, 0.5) is 0 Å². The van der Waals surface area contributed by atoms with Gasteiger partial charge in [0.2, 0.25) is 0 Å². The van der Waals surface area contributed by atoms with Crippen LogP contribution in [0.15, 0.2) is 0 Å². The van der Waals surface area contributed by atoms with Crippen LogP contribution in [0.2, 0.25) is 0 Å². The lowest BCUT2D eigenvalue weighted by molar-refractivity contribution is -0.161. The Kier molecular flexibility index (Phi) is 46.4. The Bertz CT molecular complexity index is 1400. The molecule has 0 saturated heterocycles. The summed E-state index contributed by atoms with van der Waals surface area (Å²) < 4.78 is 66.5. The third-order valence-electron chi connectivity index (χ3n) is 11.9. The number of aliphatic hydroxyl groups excluding tert-OH is 1. The van der Waals surface area contributed by atoms with E-state index in [4.69, 9.17) is 37.0 Å². The lowest BCUT2D eigenvalue weighted by Gasteiger charge is -2.21. The average molecular weight is 1060 g/mol. The number of unbranched alkanes of at least 4 members (excludes halogenated alkanes) is 27. The lowest BCUT2D eigenvalue weighted by atomic mass is 10.0.